The fraction of sp³-hybridized carbons (Fsp3) is 0.462. The number of hydrogen-bond donors (Lipinski definition) is 0. The number of esters is 1. The first kappa shape index (κ1) is 13.6. The quantitative estimate of drug-likeness (QED) is 0.757. The topological polar surface area (TPSA) is 26.3 Å². The lowest BCUT2D eigenvalue weighted by Crippen LogP contribution is -2.21. The summed E-state index contributed by atoms with van der Waals surface area (Å²) in [6.07, 6.45) is 0. The van der Waals surface area contributed by atoms with Crippen molar-refractivity contribution in [3.05, 3.63) is 35.4 Å². The fourth-order valence-corrected chi connectivity index (χ4v) is 1.78. The monoisotopic (exact) mass is 242 g/mol. The maximum atomic E-state index is 13.1. The van der Waals surface area contributed by atoms with E-state index in [9.17, 15) is 13.6 Å². The molecule has 0 fully saturated rings. The highest BCUT2D eigenvalue weighted by Crippen LogP contribution is 2.27. The molecule has 4 heteroatoms. The summed E-state index contributed by atoms with van der Waals surface area (Å²) < 4.78 is 31.1. The van der Waals surface area contributed by atoms with Crippen LogP contribution in [0, 0.1) is 17.6 Å². The molecule has 0 bridgehead atoms. The van der Waals surface area contributed by atoms with Crippen LogP contribution in [0.15, 0.2) is 18.2 Å². The van der Waals surface area contributed by atoms with E-state index < -0.39 is 23.5 Å². The molecule has 0 aromatic heterocycles. The third-order valence-electron chi connectivity index (χ3n) is 2.45. The normalized spacial score (nSPS) is 12.6. The summed E-state index contributed by atoms with van der Waals surface area (Å²) in [5, 5.41) is 0. The summed E-state index contributed by atoms with van der Waals surface area (Å²) >= 11 is 0. The van der Waals surface area contributed by atoms with Crippen LogP contribution in [0.1, 0.15) is 32.3 Å². The molecule has 0 aliphatic rings. The molecule has 0 heterocycles. The Morgan fingerprint density at radius 3 is 2.18 bits per heavy atom. The molecule has 0 amide bonds. The Balaban J connectivity index is 3.09. The van der Waals surface area contributed by atoms with Crippen LogP contribution in [0.3, 0.4) is 0 Å². The van der Waals surface area contributed by atoms with Crippen LogP contribution in [-0.2, 0) is 9.53 Å². The molecular weight excluding hydrogens is 226 g/mol. The van der Waals surface area contributed by atoms with Gasteiger partial charge in [0.15, 0.2) is 0 Å². The molecule has 1 rings (SSSR count). The van der Waals surface area contributed by atoms with E-state index in [0.717, 1.165) is 6.07 Å². The van der Waals surface area contributed by atoms with Gasteiger partial charge in [0.1, 0.15) is 11.6 Å². The van der Waals surface area contributed by atoms with Gasteiger partial charge in [0.05, 0.1) is 12.5 Å². The number of rotatable bonds is 4. The SMILES string of the molecule is CCOC(=O)C(c1cc(F)cc(F)c1)C(C)C. The predicted octanol–water partition coefficient (Wildman–Crippen LogP) is 3.27. The molecule has 1 aromatic rings. The molecule has 94 valence electrons. The Hall–Kier alpha value is -1.45. The Labute approximate surface area is 99.6 Å². The standard InChI is InChI=1S/C13H16F2O2/c1-4-17-13(16)12(8(2)3)9-5-10(14)7-11(15)6-9/h5-8,12H,4H2,1-3H3. The molecule has 2 nitrogen and oxygen atoms in total. The third-order valence-corrected chi connectivity index (χ3v) is 2.45. The summed E-state index contributed by atoms with van der Waals surface area (Å²) in [5.41, 5.74) is 0.316. The number of hydrogen-bond acceptors (Lipinski definition) is 2. The van der Waals surface area contributed by atoms with E-state index in [2.05, 4.69) is 0 Å². The average molecular weight is 242 g/mol. The van der Waals surface area contributed by atoms with E-state index >= 15 is 0 Å². The van der Waals surface area contributed by atoms with Crippen LogP contribution in [0.2, 0.25) is 0 Å². The number of benzene rings is 1. The molecule has 1 aromatic carbocycles. The minimum Gasteiger partial charge on any atom is -0.466 e. The summed E-state index contributed by atoms with van der Waals surface area (Å²) in [6.45, 7) is 5.57. The zero-order valence-electron chi connectivity index (χ0n) is 10.2. The van der Waals surface area contributed by atoms with Gasteiger partial charge in [-0.15, -0.1) is 0 Å². The van der Waals surface area contributed by atoms with Crippen molar-refractivity contribution >= 4 is 5.97 Å². The third kappa shape index (κ3) is 3.51. The van der Waals surface area contributed by atoms with Gasteiger partial charge in [-0.25, -0.2) is 8.78 Å². The Kier molecular flexibility index (Phi) is 4.61. The van der Waals surface area contributed by atoms with Crippen molar-refractivity contribution < 1.29 is 18.3 Å². The second-order valence-electron chi connectivity index (χ2n) is 4.18. The van der Waals surface area contributed by atoms with E-state index in [1.54, 1.807) is 6.92 Å². The zero-order valence-corrected chi connectivity index (χ0v) is 10.2. The van der Waals surface area contributed by atoms with Gasteiger partial charge in [0, 0.05) is 6.07 Å². The van der Waals surface area contributed by atoms with Crippen molar-refractivity contribution in [2.75, 3.05) is 6.61 Å². The lowest BCUT2D eigenvalue weighted by atomic mass is 9.88. The minimum atomic E-state index is -0.685. The van der Waals surface area contributed by atoms with Crippen molar-refractivity contribution in [2.24, 2.45) is 5.92 Å². The van der Waals surface area contributed by atoms with E-state index in [4.69, 9.17) is 4.74 Å². The molecule has 1 atom stereocenters. The summed E-state index contributed by atoms with van der Waals surface area (Å²) in [6, 6.07) is 3.13. The largest absolute Gasteiger partial charge is 0.466 e. The Bertz CT molecular complexity index is 382. The van der Waals surface area contributed by atoms with E-state index in [-0.39, 0.29) is 12.5 Å². The maximum absolute atomic E-state index is 13.1. The lowest BCUT2D eigenvalue weighted by Gasteiger charge is -2.19. The number of halogens is 2. The molecule has 0 spiro atoms. The molecule has 0 radical (unpaired) electrons. The maximum Gasteiger partial charge on any atom is 0.313 e. The van der Waals surface area contributed by atoms with Gasteiger partial charge in [0.25, 0.3) is 0 Å². The number of carbonyl (C=O) groups excluding carboxylic acids is 1. The molecular formula is C13H16F2O2. The van der Waals surface area contributed by atoms with Crippen molar-refractivity contribution in [3.63, 3.8) is 0 Å². The van der Waals surface area contributed by atoms with Crippen molar-refractivity contribution in [2.45, 2.75) is 26.7 Å². The molecule has 17 heavy (non-hydrogen) atoms. The van der Waals surface area contributed by atoms with Crippen LogP contribution in [0.25, 0.3) is 0 Å². The van der Waals surface area contributed by atoms with Gasteiger partial charge in [-0.1, -0.05) is 13.8 Å². The van der Waals surface area contributed by atoms with Gasteiger partial charge in [0.2, 0.25) is 0 Å². The minimum absolute atomic E-state index is 0.0877. The molecule has 0 saturated carbocycles. The van der Waals surface area contributed by atoms with E-state index in [0.29, 0.717) is 5.56 Å². The first-order chi connectivity index (χ1) is 7.95. The van der Waals surface area contributed by atoms with Crippen LogP contribution < -0.4 is 0 Å². The highest BCUT2D eigenvalue weighted by Gasteiger charge is 2.26. The van der Waals surface area contributed by atoms with Crippen molar-refractivity contribution in [1.29, 1.82) is 0 Å². The highest BCUT2D eigenvalue weighted by molar-refractivity contribution is 5.78. The van der Waals surface area contributed by atoms with Crippen molar-refractivity contribution in [1.82, 2.24) is 0 Å². The number of carbonyl (C=O) groups is 1. The second-order valence-corrected chi connectivity index (χ2v) is 4.18. The van der Waals surface area contributed by atoms with E-state index in [1.165, 1.54) is 12.1 Å². The first-order valence-corrected chi connectivity index (χ1v) is 5.58. The van der Waals surface area contributed by atoms with Gasteiger partial charge < -0.3 is 4.74 Å². The summed E-state index contributed by atoms with van der Waals surface area (Å²) in [4.78, 5) is 11.7. The van der Waals surface area contributed by atoms with Gasteiger partial charge in [-0.05, 0) is 30.5 Å². The first-order valence-electron chi connectivity index (χ1n) is 5.58. The van der Waals surface area contributed by atoms with Crippen LogP contribution in [0.5, 0.6) is 0 Å². The highest BCUT2D eigenvalue weighted by atomic mass is 19.1. The Morgan fingerprint density at radius 1 is 1.24 bits per heavy atom. The fourth-order valence-electron chi connectivity index (χ4n) is 1.78. The summed E-state index contributed by atoms with van der Waals surface area (Å²) in [7, 11) is 0. The van der Waals surface area contributed by atoms with Crippen molar-refractivity contribution in [3.8, 4) is 0 Å². The van der Waals surface area contributed by atoms with Gasteiger partial charge >= 0.3 is 5.97 Å². The predicted molar refractivity (Wildman–Crippen MR) is 60.6 cm³/mol. The Morgan fingerprint density at radius 2 is 1.76 bits per heavy atom. The number of ether oxygens (including phenoxy) is 1. The molecule has 0 saturated heterocycles. The molecule has 0 aliphatic heterocycles. The molecule has 0 N–H and O–H groups in total. The average Bonchev–Trinajstić information content (AvgIpc) is 2.15. The smallest absolute Gasteiger partial charge is 0.313 e. The van der Waals surface area contributed by atoms with Crippen LogP contribution in [0.4, 0.5) is 8.78 Å². The zero-order chi connectivity index (χ0) is 13.0. The summed E-state index contributed by atoms with van der Waals surface area (Å²) in [5.74, 6) is -2.55. The molecule has 1 unspecified atom stereocenters. The van der Waals surface area contributed by atoms with Gasteiger partial charge in [-0.3, -0.25) is 4.79 Å². The van der Waals surface area contributed by atoms with E-state index in [1.807, 2.05) is 13.8 Å². The van der Waals surface area contributed by atoms with Crippen LogP contribution in [-0.4, -0.2) is 12.6 Å². The second kappa shape index (κ2) is 5.75. The van der Waals surface area contributed by atoms with Gasteiger partial charge in [-0.2, -0.15) is 0 Å². The van der Waals surface area contributed by atoms with Crippen LogP contribution >= 0.6 is 0 Å². The molecule has 0 aliphatic carbocycles. The lowest BCUT2D eigenvalue weighted by molar-refractivity contribution is -0.146.